The minimum absolute atomic E-state index is 0.0212. The third-order valence-corrected chi connectivity index (χ3v) is 6.44. The Morgan fingerprint density at radius 1 is 1.06 bits per heavy atom. The van der Waals surface area contributed by atoms with Gasteiger partial charge < -0.3 is 9.84 Å². The molecule has 3 rings (SSSR count). The number of nitrogens with zero attached hydrogens (tertiary/aromatic N) is 1. The fraction of sp³-hybridized carbons (Fsp3) is 0.385. The number of carbonyl (C=O) groups excluding carboxylic acids is 1. The van der Waals surface area contributed by atoms with Crippen molar-refractivity contribution in [2.75, 3.05) is 6.61 Å². The van der Waals surface area contributed by atoms with E-state index in [1.54, 1.807) is 38.1 Å². The number of aryl methyl sites for hydroxylation is 1. The molecule has 0 radical (unpaired) electrons. The first-order valence-electron chi connectivity index (χ1n) is 11.0. The Bertz CT molecular complexity index is 1120. The molecule has 1 heterocycles. The molecule has 0 fully saturated rings. The van der Waals surface area contributed by atoms with Crippen molar-refractivity contribution in [1.29, 1.82) is 0 Å². The summed E-state index contributed by atoms with van der Waals surface area (Å²) < 4.78 is 44.3. The fourth-order valence-electron chi connectivity index (χ4n) is 3.35. The van der Waals surface area contributed by atoms with Crippen LogP contribution in [0.4, 0.5) is 13.2 Å². The van der Waals surface area contributed by atoms with Gasteiger partial charge in [-0.05, 0) is 62.6 Å². The fourth-order valence-corrected chi connectivity index (χ4v) is 4.57. The first-order chi connectivity index (χ1) is 15.9. The Labute approximate surface area is 201 Å². The molecule has 0 atom stereocenters. The number of Topliss-reactive ketones (excluding diaryl/α,β-unsaturated/α-hetero) is 1. The summed E-state index contributed by atoms with van der Waals surface area (Å²) in [6, 6.07) is 11.8. The third-order valence-electron chi connectivity index (χ3n) is 5.26. The highest BCUT2D eigenvalue weighted by Crippen LogP contribution is 2.35. The molecule has 0 saturated heterocycles. The van der Waals surface area contributed by atoms with Gasteiger partial charge in [0.2, 0.25) is 0 Å². The predicted molar refractivity (Wildman–Crippen MR) is 128 cm³/mol. The van der Waals surface area contributed by atoms with E-state index in [-0.39, 0.29) is 24.7 Å². The van der Waals surface area contributed by atoms with Crippen molar-refractivity contribution in [3.8, 4) is 16.3 Å². The van der Waals surface area contributed by atoms with E-state index >= 15 is 0 Å². The maximum atomic E-state index is 12.9. The molecule has 1 aromatic heterocycles. The summed E-state index contributed by atoms with van der Waals surface area (Å²) in [6.07, 6.45) is -3.59. The monoisotopic (exact) mass is 491 g/mol. The molecule has 1 N–H and O–H groups in total. The second-order valence-electron chi connectivity index (χ2n) is 9.02. The number of ketones is 1. The van der Waals surface area contributed by atoms with Gasteiger partial charge in [-0.2, -0.15) is 13.2 Å². The van der Waals surface area contributed by atoms with E-state index in [1.165, 1.54) is 23.5 Å². The minimum Gasteiger partial charge on any atom is -0.485 e. The predicted octanol–water partition coefficient (Wildman–Crippen LogP) is 6.92. The molecule has 34 heavy (non-hydrogen) atoms. The number of alkyl halides is 3. The minimum atomic E-state index is -4.38. The van der Waals surface area contributed by atoms with Crippen molar-refractivity contribution in [3.63, 3.8) is 0 Å². The van der Waals surface area contributed by atoms with E-state index in [0.717, 1.165) is 22.7 Å². The van der Waals surface area contributed by atoms with Gasteiger partial charge >= 0.3 is 6.18 Å². The molecule has 4 nitrogen and oxygen atoms in total. The average Bonchev–Trinajstić information content (AvgIpc) is 3.22. The first-order valence-corrected chi connectivity index (χ1v) is 11.8. The smallest absolute Gasteiger partial charge is 0.416 e. The molecular formula is C26H28F3NO3S. The topological polar surface area (TPSA) is 59.4 Å². The van der Waals surface area contributed by atoms with Crippen molar-refractivity contribution in [2.45, 2.75) is 58.2 Å². The molecule has 2 aromatic carbocycles. The second kappa shape index (κ2) is 10.3. The van der Waals surface area contributed by atoms with E-state index < -0.39 is 17.3 Å². The van der Waals surface area contributed by atoms with Crippen LogP contribution >= 0.6 is 11.3 Å². The molecule has 8 heteroatoms. The van der Waals surface area contributed by atoms with Gasteiger partial charge in [0.15, 0.2) is 5.78 Å². The Morgan fingerprint density at radius 2 is 1.68 bits per heavy atom. The van der Waals surface area contributed by atoms with Gasteiger partial charge in [-0.1, -0.05) is 26.0 Å². The highest BCUT2D eigenvalue weighted by atomic mass is 32.1. The summed E-state index contributed by atoms with van der Waals surface area (Å²) in [6.45, 7) is 7.42. The third kappa shape index (κ3) is 6.45. The van der Waals surface area contributed by atoms with Crippen LogP contribution in [0.5, 0.6) is 5.75 Å². The number of hydrogen-bond acceptors (Lipinski definition) is 5. The standard InChI is InChI=1S/C26H28F3NO3S/c1-16(2)23-22(34-24(30-23)18-5-9-19(10-6-18)26(27,28)29)14-13-21(32)17-7-11-20(12-8-17)33-25(3,4)15-31/h5-12,16,31H,13-15H2,1-4H3. The van der Waals surface area contributed by atoms with E-state index in [4.69, 9.17) is 4.74 Å². The van der Waals surface area contributed by atoms with Crippen LogP contribution in [0.2, 0.25) is 0 Å². The largest absolute Gasteiger partial charge is 0.485 e. The number of aromatic nitrogens is 1. The normalized spacial score (nSPS) is 12.3. The number of halogens is 3. The van der Waals surface area contributed by atoms with E-state index in [1.807, 2.05) is 13.8 Å². The summed E-state index contributed by atoms with van der Waals surface area (Å²) in [7, 11) is 0. The van der Waals surface area contributed by atoms with Gasteiger partial charge in [0.05, 0.1) is 17.9 Å². The molecule has 0 saturated carbocycles. The maximum absolute atomic E-state index is 12.9. The summed E-state index contributed by atoms with van der Waals surface area (Å²) in [5.41, 5.74) is 0.642. The highest BCUT2D eigenvalue weighted by molar-refractivity contribution is 7.15. The van der Waals surface area contributed by atoms with Gasteiger partial charge in [-0.25, -0.2) is 4.98 Å². The number of thiazole rings is 1. The zero-order valence-electron chi connectivity index (χ0n) is 19.6. The molecule has 3 aromatic rings. The van der Waals surface area contributed by atoms with Crippen LogP contribution in [0.15, 0.2) is 48.5 Å². The second-order valence-corrected chi connectivity index (χ2v) is 10.1. The lowest BCUT2D eigenvalue weighted by molar-refractivity contribution is -0.137. The lowest BCUT2D eigenvalue weighted by atomic mass is 10.0. The average molecular weight is 492 g/mol. The summed E-state index contributed by atoms with van der Waals surface area (Å²) in [5, 5.41) is 9.97. The van der Waals surface area contributed by atoms with Crippen LogP contribution in [-0.2, 0) is 12.6 Å². The number of hydrogen-bond donors (Lipinski definition) is 1. The highest BCUT2D eigenvalue weighted by Gasteiger charge is 2.30. The van der Waals surface area contributed by atoms with Gasteiger partial charge in [0.25, 0.3) is 0 Å². The van der Waals surface area contributed by atoms with Crippen molar-refractivity contribution in [1.82, 2.24) is 4.98 Å². The van der Waals surface area contributed by atoms with E-state index in [2.05, 4.69) is 4.98 Å². The molecule has 182 valence electrons. The molecule has 0 aliphatic heterocycles. The molecule has 0 bridgehead atoms. The zero-order valence-corrected chi connectivity index (χ0v) is 20.4. The summed E-state index contributed by atoms with van der Waals surface area (Å²) in [4.78, 5) is 18.4. The Hall–Kier alpha value is -2.71. The van der Waals surface area contributed by atoms with Gasteiger partial charge in [-0.15, -0.1) is 11.3 Å². The van der Waals surface area contributed by atoms with E-state index in [9.17, 15) is 23.1 Å². The Morgan fingerprint density at radius 3 is 2.21 bits per heavy atom. The van der Waals surface area contributed by atoms with Gasteiger partial charge in [-0.3, -0.25) is 4.79 Å². The molecule has 0 unspecified atom stereocenters. The van der Waals surface area contributed by atoms with Crippen LogP contribution in [0.1, 0.15) is 66.5 Å². The molecular weight excluding hydrogens is 463 g/mol. The van der Waals surface area contributed by atoms with Crippen LogP contribution in [0.25, 0.3) is 10.6 Å². The van der Waals surface area contributed by atoms with Crippen LogP contribution in [0, 0.1) is 0 Å². The number of carbonyl (C=O) groups is 1. The first kappa shape index (κ1) is 25.9. The van der Waals surface area contributed by atoms with Crippen LogP contribution < -0.4 is 4.74 Å². The van der Waals surface area contributed by atoms with Gasteiger partial charge in [0.1, 0.15) is 16.4 Å². The van der Waals surface area contributed by atoms with Crippen molar-refractivity contribution in [2.24, 2.45) is 0 Å². The number of aliphatic hydroxyl groups excluding tert-OH is 1. The molecule has 0 amide bonds. The quantitative estimate of drug-likeness (QED) is 0.330. The van der Waals surface area contributed by atoms with E-state index in [0.29, 0.717) is 28.3 Å². The number of benzene rings is 2. The number of ether oxygens (including phenoxy) is 1. The van der Waals surface area contributed by atoms with Crippen molar-refractivity contribution in [3.05, 3.63) is 70.2 Å². The summed E-state index contributed by atoms with van der Waals surface area (Å²) >= 11 is 1.41. The number of aliphatic hydroxyl groups is 1. The zero-order chi connectivity index (χ0) is 25.1. The van der Waals surface area contributed by atoms with Gasteiger partial charge in [0, 0.05) is 22.4 Å². The van der Waals surface area contributed by atoms with Crippen LogP contribution in [-0.4, -0.2) is 28.1 Å². The lowest BCUT2D eigenvalue weighted by Crippen LogP contribution is -2.32. The summed E-state index contributed by atoms with van der Waals surface area (Å²) in [5.74, 6) is 0.671. The van der Waals surface area contributed by atoms with Crippen molar-refractivity contribution < 1.29 is 27.8 Å². The van der Waals surface area contributed by atoms with Crippen molar-refractivity contribution >= 4 is 17.1 Å². The Balaban J connectivity index is 1.72. The maximum Gasteiger partial charge on any atom is 0.416 e. The van der Waals surface area contributed by atoms with Crippen LogP contribution in [0.3, 0.4) is 0 Å². The lowest BCUT2D eigenvalue weighted by Gasteiger charge is -2.23. The molecule has 0 aliphatic carbocycles. The molecule has 0 spiro atoms. The SMILES string of the molecule is CC(C)c1nc(-c2ccc(C(F)(F)F)cc2)sc1CCC(=O)c1ccc(OC(C)(C)CO)cc1. The Kier molecular flexibility index (Phi) is 7.83. The molecule has 0 aliphatic rings. The number of rotatable bonds is 9.